The fraction of sp³-hybridized carbons (Fsp3) is 0.968. The number of methoxy groups -OCH3 is 1. The quantitative estimate of drug-likeness (QED) is 0.0731. The van der Waals surface area contributed by atoms with Crippen LogP contribution >= 0.6 is 21.6 Å². The molecule has 0 aliphatic carbocycles. The van der Waals surface area contributed by atoms with Crippen LogP contribution in [-0.4, -0.2) is 75.3 Å². The third-order valence-corrected chi connectivity index (χ3v) is 9.62. The van der Waals surface area contributed by atoms with Gasteiger partial charge in [-0.25, -0.2) is 0 Å². The standard InChI is InChI=1S/C31H61NO5S2/c1-5-6-7-8-9-10-11-12-13-14-15-16-17-18-23-38-39-24-20-30(33)32-21-19-22-35-28-26-37-29(31(28)34-4)25-36-27(2)3/h27-29,31H,5-26H2,1-4H3,(H,32,33)/t28-,29+,31-/m0/s1. The van der Waals surface area contributed by atoms with Gasteiger partial charge in [-0.1, -0.05) is 112 Å². The Labute approximate surface area is 248 Å². The Morgan fingerprint density at radius 1 is 0.872 bits per heavy atom. The number of amides is 1. The molecule has 0 aromatic rings. The van der Waals surface area contributed by atoms with E-state index in [4.69, 9.17) is 18.9 Å². The number of hydrogen-bond acceptors (Lipinski definition) is 7. The third kappa shape index (κ3) is 21.4. The maximum absolute atomic E-state index is 12.1. The van der Waals surface area contributed by atoms with E-state index in [9.17, 15) is 4.79 Å². The molecule has 0 bridgehead atoms. The van der Waals surface area contributed by atoms with E-state index in [0.29, 0.717) is 32.8 Å². The largest absolute Gasteiger partial charge is 0.376 e. The Bertz CT molecular complexity index is 555. The van der Waals surface area contributed by atoms with Crippen LogP contribution in [-0.2, 0) is 23.7 Å². The van der Waals surface area contributed by atoms with E-state index in [0.717, 1.165) is 12.2 Å². The first-order chi connectivity index (χ1) is 19.1. The molecule has 0 spiro atoms. The lowest BCUT2D eigenvalue weighted by molar-refractivity contribution is -0.120. The molecule has 0 aromatic carbocycles. The Morgan fingerprint density at radius 2 is 1.46 bits per heavy atom. The summed E-state index contributed by atoms with van der Waals surface area (Å²) in [5.41, 5.74) is 0. The van der Waals surface area contributed by atoms with Gasteiger partial charge >= 0.3 is 0 Å². The van der Waals surface area contributed by atoms with Crippen molar-refractivity contribution in [2.75, 3.05) is 45.0 Å². The molecule has 1 heterocycles. The van der Waals surface area contributed by atoms with Gasteiger partial charge in [-0.05, 0) is 26.7 Å². The molecule has 1 N–H and O–H groups in total. The number of carbonyl (C=O) groups excluding carboxylic acids is 1. The first-order valence-electron chi connectivity index (χ1n) is 16.0. The number of hydrogen-bond donors (Lipinski definition) is 1. The van der Waals surface area contributed by atoms with E-state index < -0.39 is 0 Å². The Hall–Kier alpha value is 0.01000. The summed E-state index contributed by atoms with van der Waals surface area (Å²) in [7, 11) is 5.44. The highest BCUT2D eigenvalue weighted by Gasteiger charge is 2.38. The second-order valence-electron chi connectivity index (χ2n) is 11.1. The average molecular weight is 592 g/mol. The number of nitrogens with one attached hydrogen (secondary N) is 1. The molecular weight excluding hydrogens is 530 g/mol. The van der Waals surface area contributed by atoms with Crippen LogP contribution in [0.2, 0.25) is 0 Å². The third-order valence-electron chi connectivity index (χ3n) is 7.13. The molecule has 1 rings (SSSR count). The fourth-order valence-electron chi connectivity index (χ4n) is 4.76. The summed E-state index contributed by atoms with van der Waals surface area (Å²) in [6.45, 7) is 8.56. The van der Waals surface area contributed by atoms with E-state index in [-0.39, 0.29) is 30.3 Å². The average Bonchev–Trinajstić information content (AvgIpc) is 3.32. The van der Waals surface area contributed by atoms with Gasteiger partial charge in [0.2, 0.25) is 5.91 Å². The van der Waals surface area contributed by atoms with Gasteiger partial charge in [0, 0.05) is 38.2 Å². The van der Waals surface area contributed by atoms with Crippen molar-refractivity contribution < 1.29 is 23.7 Å². The minimum Gasteiger partial charge on any atom is -0.376 e. The van der Waals surface area contributed by atoms with Gasteiger partial charge in [0.15, 0.2) is 0 Å². The van der Waals surface area contributed by atoms with E-state index >= 15 is 0 Å². The molecule has 0 radical (unpaired) electrons. The van der Waals surface area contributed by atoms with Crippen LogP contribution in [0.4, 0.5) is 0 Å². The molecule has 1 aliphatic rings. The molecule has 232 valence electrons. The van der Waals surface area contributed by atoms with Crippen molar-refractivity contribution in [3.05, 3.63) is 0 Å². The van der Waals surface area contributed by atoms with E-state index in [1.165, 1.54) is 95.6 Å². The molecule has 0 saturated carbocycles. The SMILES string of the molecule is CCCCCCCCCCCCCCCCSSCCC(=O)NCCCO[C@H]1CO[C@H](COC(C)C)[C@H]1OC. The van der Waals surface area contributed by atoms with Crippen LogP contribution in [0, 0.1) is 0 Å². The highest BCUT2D eigenvalue weighted by molar-refractivity contribution is 8.76. The molecule has 1 amide bonds. The highest BCUT2D eigenvalue weighted by Crippen LogP contribution is 2.24. The van der Waals surface area contributed by atoms with Gasteiger partial charge in [-0.2, -0.15) is 0 Å². The molecule has 39 heavy (non-hydrogen) atoms. The number of ether oxygens (including phenoxy) is 4. The first kappa shape index (κ1) is 37.0. The van der Waals surface area contributed by atoms with Gasteiger partial charge in [-0.15, -0.1) is 0 Å². The summed E-state index contributed by atoms with van der Waals surface area (Å²) >= 11 is 0. The minimum atomic E-state index is -0.114. The maximum Gasteiger partial charge on any atom is 0.220 e. The zero-order chi connectivity index (χ0) is 28.4. The molecular formula is C31H61NO5S2. The topological polar surface area (TPSA) is 66.0 Å². The van der Waals surface area contributed by atoms with Gasteiger partial charge in [0.25, 0.3) is 0 Å². The summed E-state index contributed by atoms with van der Waals surface area (Å²) in [4.78, 5) is 12.1. The fourth-order valence-corrected chi connectivity index (χ4v) is 6.89. The molecule has 1 saturated heterocycles. The summed E-state index contributed by atoms with van der Waals surface area (Å²) in [6, 6.07) is 0. The summed E-state index contributed by atoms with van der Waals surface area (Å²) in [5, 5.41) is 3.01. The minimum absolute atomic E-state index is 0.0837. The molecule has 6 nitrogen and oxygen atoms in total. The van der Waals surface area contributed by atoms with Crippen molar-refractivity contribution in [3.8, 4) is 0 Å². The second-order valence-corrected chi connectivity index (χ2v) is 13.8. The Kier molecular flexibility index (Phi) is 25.5. The van der Waals surface area contributed by atoms with Crippen molar-refractivity contribution in [1.82, 2.24) is 5.32 Å². The second kappa shape index (κ2) is 26.9. The van der Waals surface area contributed by atoms with Crippen molar-refractivity contribution in [1.29, 1.82) is 0 Å². The molecule has 3 atom stereocenters. The van der Waals surface area contributed by atoms with E-state index in [1.807, 2.05) is 35.4 Å². The van der Waals surface area contributed by atoms with Crippen molar-refractivity contribution in [2.45, 2.75) is 148 Å². The normalized spacial score (nSPS) is 19.3. The smallest absolute Gasteiger partial charge is 0.220 e. The van der Waals surface area contributed by atoms with Crippen LogP contribution in [0.25, 0.3) is 0 Å². The maximum atomic E-state index is 12.1. The van der Waals surface area contributed by atoms with Crippen molar-refractivity contribution in [3.63, 3.8) is 0 Å². The van der Waals surface area contributed by atoms with Crippen LogP contribution < -0.4 is 5.32 Å². The lowest BCUT2D eigenvalue weighted by atomic mass is 10.0. The van der Waals surface area contributed by atoms with Gasteiger partial charge in [-0.3, -0.25) is 4.79 Å². The Morgan fingerprint density at radius 3 is 2.05 bits per heavy atom. The predicted octanol–water partition coefficient (Wildman–Crippen LogP) is 7.97. The summed E-state index contributed by atoms with van der Waals surface area (Å²) < 4.78 is 23.0. The monoisotopic (exact) mass is 591 g/mol. The van der Waals surface area contributed by atoms with Crippen molar-refractivity contribution >= 4 is 27.5 Å². The van der Waals surface area contributed by atoms with Gasteiger partial charge < -0.3 is 24.3 Å². The van der Waals surface area contributed by atoms with Crippen LogP contribution in [0.15, 0.2) is 0 Å². The Balaban J connectivity index is 1.82. The number of unbranched alkanes of at least 4 members (excludes halogenated alkanes) is 13. The first-order valence-corrected chi connectivity index (χ1v) is 18.5. The summed E-state index contributed by atoms with van der Waals surface area (Å²) in [5.74, 6) is 2.20. The van der Waals surface area contributed by atoms with Crippen LogP contribution in [0.5, 0.6) is 0 Å². The molecule has 0 unspecified atom stereocenters. The molecule has 1 aliphatic heterocycles. The summed E-state index contributed by atoms with van der Waals surface area (Å²) in [6.07, 6.45) is 20.9. The zero-order valence-electron chi connectivity index (χ0n) is 25.7. The zero-order valence-corrected chi connectivity index (χ0v) is 27.4. The van der Waals surface area contributed by atoms with Gasteiger partial charge in [0.1, 0.15) is 18.3 Å². The lowest BCUT2D eigenvalue weighted by Gasteiger charge is -2.22. The number of rotatable bonds is 28. The van der Waals surface area contributed by atoms with Gasteiger partial charge in [0.05, 0.1) is 19.3 Å². The molecule has 1 fully saturated rings. The van der Waals surface area contributed by atoms with Crippen LogP contribution in [0.1, 0.15) is 124 Å². The lowest BCUT2D eigenvalue weighted by Crippen LogP contribution is -2.37. The van der Waals surface area contributed by atoms with E-state index in [2.05, 4.69) is 12.2 Å². The van der Waals surface area contributed by atoms with Crippen molar-refractivity contribution in [2.24, 2.45) is 0 Å². The predicted molar refractivity (Wildman–Crippen MR) is 169 cm³/mol. The van der Waals surface area contributed by atoms with E-state index in [1.54, 1.807) is 7.11 Å². The number of carbonyl (C=O) groups is 1. The molecule has 0 aromatic heterocycles. The highest BCUT2D eigenvalue weighted by atomic mass is 33.1. The van der Waals surface area contributed by atoms with Crippen LogP contribution in [0.3, 0.4) is 0 Å². The molecule has 8 heteroatoms.